The van der Waals surface area contributed by atoms with Gasteiger partial charge in [-0.15, -0.1) is 0 Å². The van der Waals surface area contributed by atoms with Crippen LogP contribution in [0.25, 0.3) is 0 Å². The van der Waals surface area contributed by atoms with Gasteiger partial charge in [-0.3, -0.25) is 9.59 Å². The van der Waals surface area contributed by atoms with Crippen molar-refractivity contribution in [2.24, 2.45) is 47.3 Å². The van der Waals surface area contributed by atoms with Gasteiger partial charge < -0.3 is 50.3 Å². The highest BCUT2D eigenvalue weighted by molar-refractivity contribution is 8.00. The van der Waals surface area contributed by atoms with E-state index in [1.807, 2.05) is 13.8 Å². The zero-order valence-corrected chi connectivity index (χ0v) is 31.5. The van der Waals surface area contributed by atoms with Gasteiger partial charge in [-0.1, -0.05) is 27.7 Å². The Balaban J connectivity index is 0.00000200. The fraction of sp³-hybridized carbons (Fsp3) is 0.789. The van der Waals surface area contributed by atoms with Gasteiger partial charge in [-0.2, -0.15) is 11.8 Å². The van der Waals surface area contributed by atoms with Gasteiger partial charge in [-0.25, -0.2) is 9.59 Å². The van der Waals surface area contributed by atoms with Crippen molar-refractivity contribution in [1.29, 1.82) is 0 Å². The number of ether oxygens (including phenoxy) is 4. The number of Topliss-reactive ketones (excluding diaryl/α,β-unsaturated/α-hetero) is 2. The Morgan fingerprint density at radius 3 is 1.36 bits per heavy atom. The lowest BCUT2D eigenvalue weighted by Gasteiger charge is -2.63. The monoisotopic (exact) mass is 762 g/mol. The third-order valence-corrected chi connectivity index (χ3v) is 17.9. The van der Waals surface area contributed by atoms with Crippen LogP contribution < -0.4 is 0 Å². The summed E-state index contributed by atoms with van der Waals surface area (Å²) in [4.78, 5) is 57.6. The second-order valence-corrected chi connectivity index (χ2v) is 19.5. The molecule has 292 valence electrons. The van der Waals surface area contributed by atoms with Crippen LogP contribution in [0.3, 0.4) is 0 Å². The molecule has 12 rings (SSSR count). The van der Waals surface area contributed by atoms with Gasteiger partial charge in [0.05, 0.1) is 35.2 Å². The van der Waals surface area contributed by atoms with Crippen molar-refractivity contribution >= 4 is 35.3 Å². The second-order valence-electron chi connectivity index (χ2n) is 18.1. The summed E-state index contributed by atoms with van der Waals surface area (Å²) in [6.07, 6.45) is -1.01. The van der Waals surface area contributed by atoms with E-state index in [9.17, 15) is 39.6 Å². The molecule has 6 heterocycles. The predicted molar refractivity (Wildman–Crippen MR) is 184 cm³/mol. The van der Waals surface area contributed by atoms with Crippen molar-refractivity contribution in [1.82, 2.24) is 0 Å². The molecule has 0 aromatic heterocycles. The van der Waals surface area contributed by atoms with Crippen molar-refractivity contribution in [2.75, 3.05) is 0 Å². The number of carbonyl (C=O) groups excluding carboxylic acids is 4. The van der Waals surface area contributed by atoms with Gasteiger partial charge in [0.1, 0.15) is 34.2 Å². The first-order valence-corrected chi connectivity index (χ1v) is 19.6. The van der Waals surface area contributed by atoms with Crippen LogP contribution in [0.4, 0.5) is 0 Å². The predicted octanol–water partition coefficient (Wildman–Crippen LogP) is 1.37. The van der Waals surface area contributed by atoms with Gasteiger partial charge in [0, 0.05) is 47.0 Å². The molecule has 8 bridgehead atoms. The third kappa shape index (κ3) is 3.54. The van der Waals surface area contributed by atoms with Crippen LogP contribution >= 0.6 is 11.8 Å². The summed E-state index contributed by atoms with van der Waals surface area (Å²) in [6, 6.07) is 0. The maximum atomic E-state index is 14.9. The summed E-state index contributed by atoms with van der Waals surface area (Å²) in [5.41, 5.74) is -8.79. The number of aliphatic hydroxyl groups excluding tert-OH is 4. The van der Waals surface area contributed by atoms with Gasteiger partial charge in [0.2, 0.25) is 0 Å². The van der Waals surface area contributed by atoms with E-state index in [0.29, 0.717) is 25.7 Å². The Morgan fingerprint density at radius 2 is 1.00 bits per heavy atom. The molecule has 12 aliphatic rings. The molecular weight excluding hydrogens is 712 g/mol. The summed E-state index contributed by atoms with van der Waals surface area (Å²) in [6.45, 7) is 11.0. The zero-order valence-electron chi connectivity index (χ0n) is 30.6. The van der Waals surface area contributed by atoms with E-state index < -0.39 is 104 Å². The summed E-state index contributed by atoms with van der Waals surface area (Å²) in [5.74, 6) is -7.57. The average Bonchev–Trinajstić information content (AvgIpc) is 3.57. The van der Waals surface area contributed by atoms with Crippen molar-refractivity contribution in [2.45, 2.75) is 136 Å². The minimum atomic E-state index is -1.68. The van der Waals surface area contributed by atoms with E-state index >= 15 is 0 Å². The van der Waals surface area contributed by atoms with Gasteiger partial charge in [0.15, 0.2) is 22.4 Å². The molecule has 0 unspecified atom stereocenters. The standard InChI is InChI=1S/C38H46O12S.2H2O/c1-13-7-9-17(39)19-31(45)47-35-11-15(3)33(5)29(43)23(35)27(21(25(13)41)37(19,35)49-33)51-28-22-26(42)14(2)8-10-18(40)20-32(46)48-36-12-16(4)34(6,30(44)24(28)36)50-38(20,22)36;;/h13-16,21-24,27-30,39-40,43-44H,7-12H2,1-6H3;2*1H2/b19-17+,20-18+;;/t13-,14-,15-,16-,21+,22+,23-,24-,27+,28+,29-,30-,33-,34-,35-,36-,37-,38-;;/m0../s1. The van der Waals surface area contributed by atoms with Crippen molar-refractivity contribution in [3.63, 3.8) is 0 Å². The van der Waals surface area contributed by atoms with E-state index in [1.165, 1.54) is 11.8 Å². The molecule has 10 fully saturated rings. The van der Waals surface area contributed by atoms with Crippen LogP contribution in [0.5, 0.6) is 0 Å². The maximum absolute atomic E-state index is 14.9. The average molecular weight is 763 g/mol. The molecule has 18 atom stereocenters. The first-order valence-electron chi connectivity index (χ1n) is 18.7. The molecule has 53 heavy (non-hydrogen) atoms. The topological polar surface area (TPSA) is 249 Å². The first-order chi connectivity index (χ1) is 23.9. The van der Waals surface area contributed by atoms with Crippen LogP contribution in [0.15, 0.2) is 22.7 Å². The molecule has 6 aliphatic heterocycles. The van der Waals surface area contributed by atoms with Crippen LogP contribution in [0.1, 0.15) is 80.1 Å². The minimum Gasteiger partial charge on any atom is -0.512 e. The Hall–Kier alpha value is -2.53. The summed E-state index contributed by atoms with van der Waals surface area (Å²) in [5, 5.41) is 46.3. The minimum absolute atomic E-state index is 0. The fourth-order valence-electron chi connectivity index (χ4n) is 13.5. The Bertz CT molecular complexity index is 1700. The summed E-state index contributed by atoms with van der Waals surface area (Å²) < 4.78 is 26.7. The smallest absolute Gasteiger partial charge is 0.341 e. The molecule has 4 spiro atoms. The lowest BCUT2D eigenvalue weighted by atomic mass is 9.56. The van der Waals surface area contributed by atoms with E-state index in [1.54, 1.807) is 27.7 Å². The fourth-order valence-corrected chi connectivity index (χ4v) is 15.9. The quantitative estimate of drug-likeness (QED) is 0.291. The molecule has 0 aromatic rings. The molecule has 8 N–H and O–H groups in total. The van der Waals surface area contributed by atoms with E-state index in [-0.39, 0.29) is 69.9 Å². The first kappa shape index (κ1) is 37.4. The Labute approximate surface area is 310 Å². The number of fused-ring (bicyclic) bond motifs is 2. The zero-order chi connectivity index (χ0) is 36.3. The number of carbonyl (C=O) groups is 4. The highest BCUT2D eigenvalue weighted by Crippen LogP contribution is 2.79. The molecule has 0 amide bonds. The number of ketones is 2. The van der Waals surface area contributed by atoms with Crippen molar-refractivity contribution in [3.8, 4) is 0 Å². The normalized spacial score (nSPS) is 59.5. The van der Waals surface area contributed by atoms with Crippen LogP contribution in [-0.2, 0) is 38.1 Å². The SMILES string of the molecule is C[C@H]1CC/C(O)=C2/C(=O)O[C@]34C[C@H](C)[C@]5(C)O[C@]23[C@H](C1=O)[C@@H](S[C@H]1[C@H]2[C@H](O)[C@@]3(C)O[C@@]67/C(=C(/O)CC[C@H](C)C(=O)[C@H]16)C(=O)O[C@@]27C[C@@H]3C)[C@H]4[C@@H]5O.O.O. The Morgan fingerprint density at radius 1 is 0.642 bits per heavy atom. The molecule has 14 nitrogen and oxygen atoms in total. The number of hydrogen-bond donors (Lipinski definition) is 4. The molecule has 4 saturated carbocycles. The van der Waals surface area contributed by atoms with E-state index in [0.717, 1.165) is 0 Å². The van der Waals surface area contributed by atoms with E-state index in [4.69, 9.17) is 18.9 Å². The molecule has 6 saturated heterocycles. The second kappa shape index (κ2) is 10.6. The van der Waals surface area contributed by atoms with Gasteiger partial charge >= 0.3 is 11.9 Å². The summed E-state index contributed by atoms with van der Waals surface area (Å²) >= 11 is 1.32. The number of hydrogen-bond acceptors (Lipinski definition) is 13. The van der Waals surface area contributed by atoms with E-state index in [2.05, 4.69) is 0 Å². The van der Waals surface area contributed by atoms with Gasteiger partial charge in [-0.05, 0) is 51.4 Å². The van der Waals surface area contributed by atoms with Crippen LogP contribution in [-0.4, -0.2) is 111 Å². The van der Waals surface area contributed by atoms with Crippen molar-refractivity contribution < 1.29 is 69.5 Å². The summed E-state index contributed by atoms with van der Waals surface area (Å²) in [7, 11) is 0. The van der Waals surface area contributed by atoms with Crippen LogP contribution in [0, 0.1) is 47.3 Å². The number of aliphatic hydroxyl groups is 4. The molecular formula is C38H50O14S. The highest BCUT2D eigenvalue weighted by Gasteiger charge is 2.92. The van der Waals surface area contributed by atoms with Crippen molar-refractivity contribution in [3.05, 3.63) is 22.7 Å². The number of esters is 2. The lowest BCUT2D eigenvalue weighted by molar-refractivity contribution is -0.341. The number of allylic oxidation sites excluding steroid dienone is 2. The molecule has 0 radical (unpaired) electrons. The molecule has 15 heteroatoms. The highest BCUT2D eigenvalue weighted by atomic mass is 32.2. The largest absolute Gasteiger partial charge is 0.512 e. The molecule has 6 aliphatic carbocycles. The lowest BCUT2D eigenvalue weighted by Crippen LogP contribution is -2.76. The van der Waals surface area contributed by atoms with Gasteiger partial charge in [0.25, 0.3) is 0 Å². The number of thioether (sulfide) groups is 1. The van der Waals surface area contributed by atoms with Crippen LogP contribution in [0.2, 0.25) is 0 Å². The maximum Gasteiger partial charge on any atom is 0.341 e. The Kier molecular flexibility index (Phi) is 7.51. The number of rotatable bonds is 2. The third-order valence-electron chi connectivity index (χ3n) is 16.2. The molecule has 0 aromatic carbocycles.